The Kier molecular flexibility index (Phi) is 4.84. The van der Waals surface area contributed by atoms with Crippen LogP contribution in [0.15, 0.2) is 87.9 Å². The third kappa shape index (κ3) is 3.37. The van der Waals surface area contributed by atoms with E-state index in [1.807, 2.05) is 12.1 Å². The minimum atomic E-state index is -4.04. The van der Waals surface area contributed by atoms with Gasteiger partial charge in [-0.05, 0) is 42.5 Å². The predicted octanol–water partition coefficient (Wildman–Crippen LogP) is 3.93. The van der Waals surface area contributed by atoms with Crippen molar-refractivity contribution in [2.75, 3.05) is 5.73 Å². The summed E-state index contributed by atoms with van der Waals surface area (Å²) in [5, 5.41) is 4.81. The summed E-state index contributed by atoms with van der Waals surface area (Å²) in [5.74, 6) is -0.0922. The van der Waals surface area contributed by atoms with Crippen molar-refractivity contribution in [3.63, 3.8) is 0 Å². The van der Waals surface area contributed by atoms with E-state index in [4.69, 9.17) is 17.3 Å². The van der Waals surface area contributed by atoms with Gasteiger partial charge < -0.3 is 5.73 Å². The van der Waals surface area contributed by atoms with Gasteiger partial charge >= 0.3 is 0 Å². The number of nitrogens with zero attached hydrogens (tertiary/aromatic N) is 5. The van der Waals surface area contributed by atoms with Crippen molar-refractivity contribution in [2.24, 2.45) is 5.10 Å². The maximum absolute atomic E-state index is 13.5. The van der Waals surface area contributed by atoms with Gasteiger partial charge in [0.05, 0.1) is 22.1 Å². The molecular formula is C22H15ClN6O2S. The molecule has 3 heterocycles. The molecule has 10 heteroatoms. The Bertz CT molecular complexity index is 1600. The molecular weight excluding hydrogens is 448 g/mol. The fourth-order valence-electron chi connectivity index (χ4n) is 3.31. The molecule has 8 nitrogen and oxygen atoms in total. The Hall–Kier alpha value is -3.82. The van der Waals surface area contributed by atoms with Crippen LogP contribution in [-0.4, -0.2) is 34.3 Å². The molecule has 5 rings (SSSR count). The van der Waals surface area contributed by atoms with Gasteiger partial charge in [0, 0.05) is 23.0 Å². The van der Waals surface area contributed by atoms with Gasteiger partial charge in [0.15, 0.2) is 5.65 Å². The lowest BCUT2D eigenvalue weighted by atomic mass is 10.3. The Balaban J connectivity index is 1.81. The molecule has 0 fully saturated rings. The van der Waals surface area contributed by atoms with Crippen LogP contribution in [0.4, 0.5) is 5.82 Å². The van der Waals surface area contributed by atoms with E-state index in [0.717, 1.165) is 0 Å². The van der Waals surface area contributed by atoms with Gasteiger partial charge in [-0.2, -0.15) is 9.78 Å². The molecule has 0 atom stereocenters. The Morgan fingerprint density at radius 1 is 0.969 bits per heavy atom. The van der Waals surface area contributed by atoms with Crippen molar-refractivity contribution >= 4 is 55.7 Å². The summed E-state index contributed by atoms with van der Waals surface area (Å²) >= 11 is 5.93. The standard InChI is InChI=1S/C22H15ClN6O2S/c23-15-7-9-16(10-8-15)32(30,31)20-19-22(28-18-6-2-1-5-17(18)27-19)29(21(20)24)26-13-14-4-3-11-25-12-14/h1-13H,24H2/b26-13-. The smallest absolute Gasteiger partial charge is 0.212 e. The van der Waals surface area contributed by atoms with E-state index in [0.29, 0.717) is 21.6 Å². The molecule has 0 aliphatic carbocycles. The van der Waals surface area contributed by atoms with Crippen LogP contribution >= 0.6 is 11.6 Å². The van der Waals surface area contributed by atoms with Crippen LogP contribution in [-0.2, 0) is 9.84 Å². The lowest BCUT2D eigenvalue weighted by Gasteiger charge is -2.05. The lowest BCUT2D eigenvalue weighted by Crippen LogP contribution is -2.06. The molecule has 0 radical (unpaired) electrons. The zero-order chi connectivity index (χ0) is 22.3. The zero-order valence-electron chi connectivity index (χ0n) is 16.4. The van der Waals surface area contributed by atoms with E-state index in [9.17, 15) is 8.42 Å². The molecule has 0 bridgehead atoms. The van der Waals surface area contributed by atoms with E-state index in [-0.39, 0.29) is 26.8 Å². The van der Waals surface area contributed by atoms with Crippen molar-refractivity contribution < 1.29 is 8.42 Å². The third-order valence-corrected chi connectivity index (χ3v) is 6.91. The number of para-hydroxylation sites is 2. The first-order valence-electron chi connectivity index (χ1n) is 9.47. The minimum Gasteiger partial charge on any atom is -0.382 e. The first kappa shape index (κ1) is 20.1. The number of hydrogen-bond acceptors (Lipinski definition) is 7. The van der Waals surface area contributed by atoms with Gasteiger partial charge in [-0.1, -0.05) is 29.8 Å². The average Bonchev–Trinajstić information content (AvgIpc) is 3.07. The van der Waals surface area contributed by atoms with Gasteiger partial charge in [0.2, 0.25) is 9.84 Å². The molecule has 0 saturated heterocycles. The number of nitrogens with two attached hydrogens (primary N) is 1. The highest BCUT2D eigenvalue weighted by atomic mass is 35.5. The zero-order valence-corrected chi connectivity index (χ0v) is 18.0. The Labute approximate surface area is 187 Å². The molecule has 32 heavy (non-hydrogen) atoms. The molecule has 3 aromatic heterocycles. The van der Waals surface area contributed by atoms with Crippen LogP contribution in [0.1, 0.15) is 5.56 Å². The highest BCUT2D eigenvalue weighted by Crippen LogP contribution is 2.35. The number of fused-ring (bicyclic) bond motifs is 2. The Morgan fingerprint density at radius 3 is 2.38 bits per heavy atom. The lowest BCUT2D eigenvalue weighted by molar-refractivity contribution is 0.597. The molecule has 0 spiro atoms. The summed E-state index contributed by atoms with van der Waals surface area (Å²) in [6.45, 7) is 0. The molecule has 0 amide bonds. The monoisotopic (exact) mass is 462 g/mol. The number of anilines is 1. The fourth-order valence-corrected chi connectivity index (χ4v) is 4.92. The maximum atomic E-state index is 13.5. The number of halogens is 1. The second kappa shape index (κ2) is 7.70. The van der Waals surface area contributed by atoms with E-state index in [1.165, 1.54) is 35.2 Å². The van der Waals surface area contributed by atoms with Crippen molar-refractivity contribution in [3.05, 3.63) is 83.6 Å². The summed E-state index contributed by atoms with van der Waals surface area (Å²) in [4.78, 5) is 13.1. The van der Waals surface area contributed by atoms with Crippen LogP contribution in [0.25, 0.3) is 22.2 Å². The molecule has 0 saturated carbocycles. The molecule has 2 N–H and O–H groups in total. The van der Waals surface area contributed by atoms with E-state index in [2.05, 4.69) is 20.1 Å². The van der Waals surface area contributed by atoms with Gasteiger partial charge in [0.1, 0.15) is 16.2 Å². The summed E-state index contributed by atoms with van der Waals surface area (Å²) in [6, 6.07) is 16.6. The first-order valence-corrected chi connectivity index (χ1v) is 11.3. The van der Waals surface area contributed by atoms with Crippen LogP contribution in [0.3, 0.4) is 0 Å². The van der Waals surface area contributed by atoms with Gasteiger partial charge in [-0.25, -0.2) is 18.4 Å². The summed E-state index contributed by atoms with van der Waals surface area (Å²) in [7, 11) is -4.04. The number of hydrogen-bond donors (Lipinski definition) is 1. The highest BCUT2D eigenvalue weighted by Gasteiger charge is 2.30. The normalized spacial score (nSPS) is 12.2. The van der Waals surface area contributed by atoms with Crippen molar-refractivity contribution in [1.82, 2.24) is 19.6 Å². The molecule has 0 unspecified atom stereocenters. The number of pyridine rings is 1. The molecule has 0 aliphatic rings. The van der Waals surface area contributed by atoms with Gasteiger partial charge in [-0.15, -0.1) is 0 Å². The summed E-state index contributed by atoms with van der Waals surface area (Å²) in [6.07, 6.45) is 4.79. The first-order chi connectivity index (χ1) is 15.4. The van der Waals surface area contributed by atoms with Crippen LogP contribution < -0.4 is 5.73 Å². The minimum absolute atomic E-state index is 0.0406. The quantitative estimate of drug-likeness (QED) is 0.404. The number of rotatable bonds is 4. The number of sulfone groups is 1. The van der Waals surface area contributed by atoms with Crippen molar-refractivity contribution in [1.29, 1.82) is 0 Å². The number of nitrogen functional groups attached to an aromatic ring is 1. The third-order valence-electron chi connectivity index (χ3n) is 4.83. The molecule has 0 aliphatic heterocycles. The summed E-state index contributed by atoms with van der Waals surface area (Å²) < 4.78 is 28.4. The van der Waals surface area contributed by atoms with Crippen molar-refractivity contribution in [3.8, 4) is 0 Å². The highest BCUT2D eigenvalue weighted by molar-refractivity contribution is 7.92. The second-order valence-electron chi connectivity index (χ2n) is 6.90. The van der Waals surface area contributed by atoms with Gasteiger partial charge in [0.25, 0.3) is 0 Å². The molecule has 5 aromatic rings. The van der Waals surface area contributed by atoms with E-state index >= 15 is 0 Å². The average molecular weight is 463 g/mol. The topological polar surface area (TPSA) is 116 Å². The Morgan fingerprint density at radius 2 is 1.69 bits per heavy atom. The van der Waals surface area contributed by atoms with E-state index < -0.39 is 9.84 Å². The van der Waals surface area contributed by atoms with Crippen molar-refractivity contribution in [2.45, 2.75) is 9.79 Å². The fraction of sp³-hybridized carbons (Fsp3) is 0. The van der Waals surface area contributed by atoms with Gasteiger partial charge in [-0.3, -0.25) is 4.98 Å². The second-order valence-corrected chi connectivity index (χ2v) is 9.22. The molecule has 2 aromatic carbocycles. The number of aromatic nitrogens is 4. The van der Waals surface area contributed by atoms with E-state index in [1.54, 1.807) is 36.7 Å². The summed E-state index contributed by atoms with van der Waals surface area (Å²) in [5.41, 5.74) is 8.56. The molecule has 158 valence electrons. The van der Waals surface area contributed by atoms with Crippen LogP contribution in [0.2, 0.25) is 5.02 Å². The van der Waals surface area contributed by atoms with Crippen LogP contribution in [0, 0.1) is 0 Å². The SMILES string of the molecule is Nc1c(S(=O)(=O)c2ccc(Cl)cc2)c2nc3ccccc3nc2n1/N=C\c1cccnc1. The maximum Gasteiger partial charge on any atom is 0.212 e. The number of benzene rings is 2. The predicted molar refractivity (Wildman–Crippen MR) is 124 cm³/mol. The largest absolute Gasteiger partial charge is 0.382 e. The van der Waals surface area contributed by atoms with Crippen LogP contribution in [0.5, 0.6) is 0 Å².